The molecule has 2 aromatic heterocycles. The highest BCUT2D eigenvalue weighted by Gasteiger charge is 2.26. The Morgan fingerprint density at radius 1 is 0.593 bits per heavy atom. The molecular weight excluding hydrogens is 1110 g/mol. The number of amides is 7. The van der Waals surface area contributed by atoms with Gasteiger partial charge in [0.25, 0.3) is 0 Å². The van der Waals surface area contributed by atoms with Crippen LogP contribution in [-0.2, 0) is 46.2 Å². The number of anilines is 2. The Kier molecular flexibility index (Phi) is 23.7. The summed E-state index contributed by atoms with van der Waals surface area (Å²) in [6.45, 7) is 3.62. The number of benzene rings is 4. The van der Waals surface area contributed by atoms with E-state index in [0.29, 0.717) is 32.7 Å². The maximum Gasteiger partial charge on any atom is 0.412 e. The van der Waals surface area contributed by atoms with Crippen molar-refractivity contribution < 1.29 is 65.3 Å². The third kappa shape index (κ3) is 20.7. The van der Waals surface area contributed by atoms with E-state index in [-0.39, 0.29) is 86.1 Å². The fourth-order valence-electron chi connectivity index (χ4n) is 7.39. The average molecular weight is 1170 g/mol. The molecule has 26 heteroatoms. The second-order valence-corrected chi connectivity index (χ2v) is 19.7. The summed E-state index contributed by atoms with van der Waals surface area (Å²) < 4.78 is 70.3. The lowest BCUT2D eigenvalue weighted by Gasteiger charge is -2.28. The van der Waals surface area contributed by atoms with E-state index in [1.807, 2.05) is 0 Å². The number of rotatable bonds is 21. The van der Waals surface area contributed by atoms with Gasteiger partial charge in [-0.05, 0) is 116 Å². The lowest BCUT2D eigenvalue weighted by molar-refractivity contribution is -0.133. The first kappa shape index (κ1) is 63.5. The molecule has 7 amide bonds. The normalized spacial score (nSPS) is 11.7. The molecule has 2 atom stereocenters. The van der Waals surface area contributed by atoms with Crippen LogP contribution in [0.25, 0.3) is 21.5 Å². The monoisotopic (exact) mass is 1170 g/mol. The second kappa shape index (κ2) is 30.3. The second-order valence-electron chi connectivity index (χ2n) is 19.0. The van der Waals surface area contributed by atoms with Crippen LogP contribution in [0.4, 0.5) is 43.6 Å². The summed E-state index contributed by atoms with van der Waals surface area (Å²) in [5.74, 6) is -3.55. The molecule has 0 aliphatic rings. The van der Waals surface area contributed by atoms with Crippen LogP contribution < -0.4 is 32.3 Å². The van der Waals surface area contributed by atoms with Gasteiger partial charge in [-0.25, -0.2) is 41.9 Å². The van der Waals surface area contributed by atoms with Crippen molar-refractivity contribution in [3.8, 4) is 0 Å². The number of ether oxygens (including phenoxy) is 3. The number of nitrogens with zero attached hydrogens (tertiary/aromatic N) is 4. The van der Waals surface area contributed by atoms with Gasteiger partial charge in [-0.2, -0.15) is 0 Å². The molecule has 2 heterocycles. The summed E-state index contributed by atoms with van der Waals surface area (Å²) >= 11 is 12.0. The Labute approximate surface area is 473 Å². The van der Waals surface area contributed by atoms with Gasteiger partial charge in [0, 0.05) is 63.2 Å². The van der Waals surface area contributed by atoms with E-state index in [1.165, 1.54) is 97.0 Å². The van der Waals surface area contributed by atoms with Gasteiger partial charge in [0.15, 0.2) is 0 Å². The molecule has 0 aliphatic heterocycles. The van der Waals surface area contributed by atoms with Crippen LogP contribution in [-0.4, -0.2) is 133 Å². The molecule has 0 spiro atoms. The number of hydrogen-bond donors (Lipinski definition) is 6. The fourth-order valence-corrected chi connectivity index (χ4v) is 7.83. The van der Waals surface area contributed by atoms with Crippen LogP contribution in [0, 0.1) is 23.3 Å². The van der Waals surface area contributed by atoms with Crippen LogP contribution in [0.2, 0.25) is 10.0 Å². The molecule has 4 aromatic carbocycles. The van der Waals surface area contributed by atoms with E-state index in [1.54, 1.807) is 45.0 Å². The highest BCUT2D eigenvalue weighted by Crippen LogP contribution is 2.24. The molecule has 0 bridgehead atoms. The standard InChI is InChI=1S/C30H34ClF2N5O6.C25H26ClF2N5O4/c1-30(2,3)44-28(41)36-16-25(39)35-15-22(38(4)26(40)11-9-18-6-5-7-23(33)27(18)31)17-43-29(42)37-24-13-20-12-21(32)10-8-19(20)14-34-24;1-33(23(35)8-6-15-3-2-4-20(28)24(15)26)19(13-31-22(34)11-29)14-37-25(36)32-21-10-17-9-18(27)7-5-16(17)12-30-21/h5-8,10,12-14,22H,9,11,15-17H2,1-4H3,(H,35,39)(H,36,41)(H,34,37,42);2-5,7,9-10,12,19H,6,8,11,13-14,29H2,1H3,(H,31,34)(H,30,32,36)/t22-;19-/m00/s1. The van der Waals surface area contributed by atoms with Crippen LogP contribution in [0.5, 0.6) is 0 Å². The lowest BCUT2D eigenvalue weighted by Crippen LogP contribution is -2.49. The van der Waals surface area contributed by atoms with Crippen molar-refractivity contribution in [1.29, 1.82) is 0 Å². The molecule has 432 valence electrons. The third-order valence-electron chi connectivity index (χ3n) is 11.9. The maximum absolute atomic E-state index is 13.8. The van der Waals surface area contributed by atoms with Gasteiger partial charge in [0.1, 0.15) is 53.7 Å². The van der Waals surface area contributed by atoms with E-state index >= 15 is 0 Å². The summed E-state index contributed by atoms with van der Waals surface area (Å²) in [6, 6.07) is 18.4. The average Bonchev–Trinajstić information content (AvgIpc) is 3.48. The Bertz CT molecular complexity index is 3230. The number of pyridine rings is 2. The summed E-state index contributed by atoms with van der Waals surface area (Å²) in [4.78, 5) is 97.6. The van der Waals surface area contributed by atoms with Crippen molar-refractivity contribution in [2.24, 2.45) is 5.73 Å². The summed E-state index contributed by atoms with van der Waals surface area (Å²) in [5.41, 5.74) is 5.51. The largest absolute Gasteiger partial charge is 0.447 e. The smallest absolute Gasteiger partial charge is 0.412 e. The molecular formula is C55H60Cl2F4N10O10. The predicted molar refractivity (Wildman–Crippen MR) is 295 cm³/mol. The van der Waals surface area contributed by atoms with Gasteiger partial charge in [0.2, 0.25) is 23.6 Å². The first-order chi connectivity index (χ1) is 38.4. The van der Waals surface area contributed by atoms with Crippen molar-refractivity contribution in [1.82, 2.24) is 35.7 Å². The van der Waals surface area contributed by atoms with Crippen LogP contribution in [0.15, 0.2) is 97.3 Å². The van der Waals surface area contributed by atoms with Crippen molar-refractivity contribution in [3.63, 3.8) is 0 Å². The number of carbonyl (C=O) groups is 7. The zero-order valence-electron chi connectivity index (χ0n) is 44.7. The Morgan fingerprint density at radius 2 is 1.02 bits per heavy atom. The summed E-state index contributed by atoms with van der Waals surface area (Å²) in [5, 5.41) is 14.7. The minimum atomic E-state index is -0.899. The quantitative estimate of drug-likeness (QED) is 0.0295. The molecule has 0 saturated heterocycles. The number of halogens is 6. The number of nitrogens with one attached hydrogen (secondary N) is 5. The Morgan fingerprint density at radius 3 is 1.44 bits per heavy atom. The summed E-state index contributed by atoms with van der Waals surface area (Å²) in [6.07, 6.45) is 0.703. The number of likely N-dealkylation sites (N-methyl/N-ethyl adjacent to an activating group) is 2. The minimum Gasteiger partial charge on any atom is -0.447 e. The van der Waals surface area contributed by atoms with Crippen LogP contribution in [0.3, 0.4) is 0 Å². The van der Waals surface area contributed by atoms with Crippen molar-refractivity contribution in [2.75, 3.05) is 64.1 Å². The topological polar surface area (TPSA) is 266 Å². The zero-order valence-corrected chi connectivity index (χ0v) is 46.2. The Balaban J connectivity index is 0.000000302. The van der Waals surface area contributed by atoms with Gasteiger partial charge in [-0.1, -0.05) is 47.5 Å². The molecule has 0 unspecified atom stereocenters. The van der Waals surface area contributed by atoms with E-state index < -0.39 is 83.5 Å². The van der Waals surface area contributed by atoms with E-state index in [0.717, 1.165) is 0 Å². The minimum absolute atomic E-state index is 0.00474. The fraction of sp³-hybridized carbons (Fsp3) is 0.327. The molecule has 0 radical (unpaired) electrons. The van der Waals surface area contributed by atoms with Gasteiger partial charge < -0.3 is 45.7 Å². The Hall–Kier alpha value is -8.35. The van der Waals surface area contributed by atoms with E-state index in [9.17, 15) is 51.1 Å². The highest BCUT2D eigenvalue weighted by molar-refractivity contribution is 6.31. The van der Waals surface area contributed by atoms with Gasteiger partial charge in [-0.3, -0.25) is 29.8 Å². The number of alkyl carbamates (subject to hydrolysis) is 1. The van der Waals surface area contributed by atoms with Crippen LogP contribution >= 0.6 is 23.2 Å². The number of aromatic nitrogens is 2. The van der Waals surface area contributed by atoms with E-state index in [4.69, 9.17) is 43.1 Å². The lowest BCUT2D eigenvalue weighted by atomic mass is 10.1. The zero-order chi connectivity index (χ0) is 59.4. The molecule has 6 aromatic rings. The first-order valence-electron chi connectivity index (χ1n) is 24.9. The number of carbonyl (C=O) groups excluding carboxylic acids is 7. The number of aryl methyl sites for hydroxylation is 2. The van der Waals surface area contributed by atoms with Crippen molar-refractivity contribution in [2.45, 2.75) is 64.1 Å². The third-order valence-corrected chi connectivity index (χ3v) is 12.7. The predicted octanol–water partition coefficient (Wildman–Crippen LogP) is 8.07. The highest BCUT2D eigenvalue weighted by atomic mass is 35.5. The molecule has 0 aliphatic carbocycles. The number of fused-ring (bicyclic) bond motifs is 2. The van der Waals surface area contributed by atoms with Gasteiger partial charge in [-0.15, -0.1) is 0 Å². The molecule has 6 rings (SSSR count). The molecule has 0 saturated carbocycles. The van der Waals surface area contributed by atoms with Gasteiger partial charge in [0.05, 0.1) is 35.2 Å². The number of nitrogens with two attached hydrogens (primary N) is 1. The van der Waals surface area contributed by atoms with Crippen molar-refractivity contribution in [3.05, 3.63) is 142 Å². The molecule has 0 fully saturated rings. The molecule has 20 nitrogen and oxygen atoms in total. The van der Waals surface area contributed by atoms with Gasteiger partial charge >= 0.3 is 18.3 Å². The first-order valence-corrected chi connectivity index (χ1v) is 25.7. The van der Waals surface area contributed by atoms with Crippen LogP contribution in [0.1, 0.15) is 44.7 Å². The number of hydrogen-bond acceptors (Lipinski definition) is 13. The van der Waals surface area contributed by atoms with E-state index in [2.05, 4.69) is 36.6 Å². The maximum atomic E-state index is 13.8. The molecule has 7 N–H and O–H groups in total. The SMILES string of the molecule is CN(C(=O)CCc1cccc(F)c1Cl)[C@@H](CNC(=O)CN)COC(=O)Nc1cc2cc(F)ccc2cn1.CN(C(=O)CCc1cccc(F)c1Cl)[C@@H](CNC(=O)CNC(=O)OC(C)(C)C)COC(=O)Nc1cc2cc(F)ccc2cn1. The summed E-state index contributed by atoms with van der Waals surface area (Å²) in [7, 11) is 2.96. The molecule has 81 heavy (non-hydrogen) atoms. The van der Waals surface area contributed by atoms with Crippen molar-refractivity contribution >= 4 is 98.3 Å².